The van der Waals surface area contributed by atoms with Crippen molar-refractivity contribution in [2.24, 2.45) is 0 Å². The molecule has 25 heavy (non-hydrogen) atoms. The number of hydrogen-bond acceptors (Lipinski definition) is 4. The van der Waals surface area contributed by atoms with Crippen molar-refractivity contribution in [1.82, 2.24) is 10.2 Å². The number of carbonyl (C=O) groups is 3. The van der Waals surface area contributed by atoms with Gasteiger partial charge >= 0.3 is 6.03 Å². The van der Waals surface area contributed by atoms with Crippen molar-refractivity contribution in [3.05, 3.63) is 65.5 Å². The van der Waals surface area contributed by atoms with Gasteiger partial charge in [0.05, 0.1) is 0 Å². The summed E-state index contributed by atoms with van der Waals surface area (Å²) < 4.78 is 18.3. The second-order valence-corrected chi connectivity index (χ2v) is 5.43. The second kappa shape index (κ2) is 7.12. The average molecular weight is 342 g/mol. The number of ketones is 1. The molecule has 1 N–H and O–H groups in total. The average Bonchev–Trinajstić information content (AvgIpc) is 3.06. The van der Waals surface area contributed by atoms with E-state index in [1.54, 1.807) is 24.3 Å². The van der Waals surface area contributed by atoms with Crippen molar-refractivity contribution in [1.29, 1.82) is 0 Å². The number of rotatable bonds is 5. The molecule has 2 aromatic rings. The van der Waals surface area contributed by atoms with Crippen LogP contribution in [-0.2, 0) is 4.79 Å². The monoisotopic (exact) mass is 342 g/mol. The Morgan fingerprint density at radius 2 is 1.64 bits per heavy atom. The molecule has 128 valence electrons. The van der Waals surface area contributed by atoms with Gasteiger partial charge in [-0.2, -0.15) is 0 Å². The highest BCUT2D eigenvalue weighted by Gasteiger charge is 2.26. The lowest BCUT2D eigenvalue weighted by atomic mass is 10.0. The first kappa shape index (κ1) is 16.6. The summed E-state index contributed by atoms with van der Waals surface area (Å²) in [6.45, 7) is 0.496. The summed E-state index contributed by atoms with van der Waals surface area (Å²) in [7, 11) is 0. The molecule has 1 saturated heterocycles. The van der Waals surface area contributed by atoms with Crippen LogP contribution in [0.25, 0.3) is 0 Å². The quantitative estimate of drug-likeness (QED) is 0.843. The molecule has 0 atom stereocenters. The van der Waals surface area contributed by atoms with Crippen LogP contribution in [-0.4, -0.2) is 42.3 Å². The van der Waals surface area contributed by atoms with E-state index in [1.165, 1.54) is 24.3 Å². The highest BCUT2D eigenvalue weighted by molar-refractivity contribution is 6.09. The Hall–Kier alpha value is -3.22. The molecule has 0 aromatic heterocycles. The first-order valence-electron chi connectivity index (χ1n) is 7.66. The summed E-state index contributed by atoms with van der Waals surface area (Å²) in [5.41, 5.74) is 0.800. The van der Waals surface area contributed by atoms with Gasteiger partial charge in [-0.3, -0.25) is 14.5 Å². The minimum atomic E-state index is -0.429. The van der Waals surface area contributed by atoms with Crippen molar-refractivity contribution < 1.29 is 23.5 Å². The maximum absolute atomic E-state index is 12.9. The zero-order valence-corrected chi connectivity index (χ0v) is 13.2. The first-order valence-corrected chi connectivity index (χ1v) is 7.66. The fourth-order valence-electron chi connectivity index (χ4n) is 2.40. The minimum Gasteiger partial charge on any atom is -0.484 e. The lowest BCUT2D eigenvalue weighted by Crippen LogP contribution is -2.37. The van der Waals surface area contributed by atoms with Gasteiger partial charge in [-0.1, -0.05) is 0 Å². The standard InChI is InChI=1S/C18H15FN2O4/c19-14-5-1-12(2-6-14)17(23)13-3-7-15(8-4-13)25-11-16(22)21-10-9-20-18(21)24/h1-8H,9-11H2,(H,20,24). The van der Waals surface area contributed by atoms with E-state index >= 15 is 0 Å². The van der Waals surface area contributed by atoms with Gasteiger partial charge < -0.3 is 10.1 Å². The van der Waals surface area contributed by atoms with E-state index in [9.17, 15) is 18.8 Å². The largest absolute Gasteiger partial charge is 0.484 e. The number of ether oxygens (including phenoxy) is 1. The smallest absolute Gasteiger partial charge is 0.324 e. The number of carbonyl (C=O) groups excluding carboxylic acids is 3. The summed E-state index contributed by atoms with van der Waals surface area (Å²) in [5.74, 6) is -0.668. The van der Waals surface area contributed by atoms with Crippen LogP contribution in [0.1, 0.15) is 15.9 Å². The Bertz CT molecular complexity index is 803. The number of amides is 3. The molecule has 6 nitrogen and oxygen atoms in total. The molecule has 1 fully saturated rings. The van der Waals surface area contributed by atoms with Crippen molar-refractivity contribution in [3.63, 3.8) is 0 Å². The molecular formula is C18H15FN2O4. The predicted octanol–water partition coefficient (Wildman–Crippen LogP) is 1.99. The number of urea groups is 1. The Labute approximate surface area is 143 Å². The van der Waals surface area contributed by atoms with Crippen molar-refractivity contribution in [3.8, 4) is 5.75 Å². The van der Waals surface area contributed by atoms with Gasteiger partial charge in [-0.25, -0.2) is 9.18 Å². The molecule has 0 aliphatic carbocycles. The molecule has 0 radical (unpaired) electrons. The molecule has 1 aliphatic rings. The van der Waals surface area contributed by atoms with Crippen molar-refractivity contribution >= 4 is 17.7 Å². The maximum Gasteiger partial charge on any atom is 0.324 e. The number of nitrogens with zero attached hydrogens (tertiary/aromatic N) is 1. The summed E-state index contributed by atoms with van der Waals surface area (Å²) >= 11 is 0. The third-order valence-corrected chi connectivity index (χ3v) is 3.74. The number of hydrogen-bond donors (Lipinski definition) is 1. The van der Waals surface area contributed by atoms with E-state index in [2.05, 4.69) is 5.32 Å². The van der Waals surface area contributed by atoms with Crippen molar-refractivity contribution in [2.75, 3.05) is 19.7 Å². The third kappa shape index (κ3) is 3.82. The van der Waals surface area contributed by atoms with E-state index < -0.39 is 17.8 Å². The van der Waals surface area contributed by atoms with Gasteiger partial charge in [0.2, 0.25) is 0 Å². The highest BCUT2D eigenvalue weighted by Crippen LogP contribution is 2.16. The highest BCUT2D eigenvalue weighted by atomic mass is 19.1. The van der Waals surface area contributed by atoms with Crippen LogP contribution in [0.15, 0.2) is 48.5 Å². The normalized spacial score (nSPS) is 13.5. The van der Waals surface area contributed by atoms with Crippen molar-refractivity contribution in [2.45, 2.75) is 0 Å². The number of halogens is 1. The first-order chi connectivity index (χ1) is 12.0. The van der Waals surface area contributed by atoms with E-state index in [4.69, 9.17) is 4.74 Å². The summed E-state index contributed by atoms with van der Waals surface area (Å²) in [6, 6.07) is 11.1. The SMILES string of the molecule is O=C(c1ccc(F)cc1)c1ccc(OCC(=O)N2CCNC2=O)cc1. The molecular weight excluding hydrogens is 327 g/mol. The van der Waals surface area contributed by atoms with Gasteiger partial charge in [0, 0.05) is 24.2 Å². The Morgan fingerprint density at radius 1 is 1.04 bits per heavy atom. The van der Waals surface area contributed by atoms with Gasteiger partial charge in [0.1, 0.15) is 11.6 Å². The number of benzene rings is 2. The van der Waals surface area contributed by atoms with Crippen LogP contribution < -0.4 is 10.1 Å². The van der Waals surface area contributed by atoms with Crippen LogP contribution in [0.2, 0.25) is 0 Å². The molecule has 3 amide bonds. The van der Waals surface area contributed by atoms with E-state index in [0.29, 0.717) is 30.0 Å². The fraction of sp³-hybridized carbons (Fsp3) is 0.167. The third-order valence-electron chi connectivity index (χ3n) is 3.74. The van der Waals surface area contributed by atoms with E-state index in [0.717, 1.165) is 4.90 Å². The van der Waals surface area contributed by atoms with Crippen LogP contribution in [0.4, 0.5) is 9.18 Å². The lowest BCUT2D eigenvalue weighted by Gasteiger charge is -2.13. The Morgan fingerprint density at radius 3 is 2.20 bits per heavy atom. The second-order valence-electron chi connectivity index (χ2n) is 5.43. The predicted molar refractivity (Wildman–Crippen MR) is 86.9 cm³/mol. The van der Waals surface area contributed by atoms with Gasteiger partial charge in [-0.05, 0) is 48.5 Å². The molecule has 0 unspecified atom stereocenters. The molecule has 1 aliphatic heterocycles. The minimum absolute atomic E-state index is 0.239. The molecule has 2 aromatic carbocycles. The molecule has 1 heterocycles. The van der Waals surface area contributed by atoms with Gasteiger partial charge in [-0.15, -0.1) is 0 Å². The zero-order valence-electron chi connectivity index (χ0n) is 13.2. The summed E-state index contributed by atoms with van der Waals surface area (Å²) in [4.78, 5) is 36.6. The number of imide groups is 1. The molecule has 7 heteroatoms. The molecule has 0 spiro atoms. The van der Waals surface area contributed by atoms with Crippen LogP contribution in [0.5, 0.6) is 5.75 Å². The molecule has 3 rings (SSSR count). The van der Waals surface area contributed by atoms with Gasteiger partial charge in [0.15, 0.2) is 12.4 Å². The van der Waals surface area contributed by atoms with Gasteiger partial charge in [0.25, 0.3) is 5.91 Å². The lowest BCUT2D eigenvalue weighted by molar-refractivity contribution is -0.129. The zero-order chi connectivity index (χ0) is 17.8. The Balaban J connectivity index is 1.60. The van der Waals surface area contributed by atoms with E-state index in [-0.39, 0.29) is 12.4 Å². The molecule has 0 saturated carbocycles. The number of nitrogens with one attached hydrogen (secondary N) is 1. The van der Waals surface area contributed by atoms with E-state index in [1.807, 2.05) is 0 Å². The topological polar surface area (TPSA) is 75.7 Å². The molecule has 0 bridgehead atoms. The summed E-state index contributed by atoms with van der Waals surface area (Å²) in [5, 5.41) is 2.54. The fourth-order valence-corrected chi connectivity index (χ4v) is 2.40. The van der Waals surface area contributed by atoms with Crippen LogP contribution in [0, 0.1) is 5.82 Å². The summed E-state index contributed by atoms with van der Waals surface area (Å²) in [6.07, 6.45) is 0. The van der Waals surface area contributed by atoms with Crippen LogP contribution >= 0.6 is 0 Å². The van der Waals surface area contributed by atoms with Crippen LogP contribution in [0.3, 0.4) is 0 Å². The Kier molecular flexibility index (Phi) is 4.74. The maximum atomic E-state index is 12.9.